The van der Waals surface area contributed by atoms with Crippen LogP contribution in [0.5, 0.6) is 0 Å². The Balaban J connectivity index is 1.35. The molecule has 1 fully saturated rings. The van der Waals surface area contributed by atoms with Crippen LogP contribution in [0.25, 0.3) is 11.0 Å². The highest BCUT2D eigenvalue weighted by Crippen LogP contribution is 2.23. The number of nitrogens with one attached hydrogen (secondary N) is 3. The van der Waals surface area contributed by atoms with E-state index >= 15 is 0 Å². The van der Waals surface area contributed by atoms with Crippen molar-refractivity contribution >= 4 is 40.2 Å². The number of carbonyl (C=O) groups is 1. The Kier molecular flexibility index (Phi) is 4.57. The van der Waals surface area contributed by atoms with E-state index in [2.05, 4.69) is 30.8 Å². The van der Waals surface area contributed by atoms with Crippen LogP contribution in [0, 0.1) is 0 Å². The van der Waals surface area contributed by atoms with Crippen molar-refractivity contribution in [1.29, 1.82) is 0 Å². The van der Waals surface area contributed by atoms with E-state index < -0.39 is 0 Å². The molecule has 0 aliphatic carbocycles. The third-order valence-corrected chi connectivity index (χ3v) is 4.82. The Morgan fingerprint density at radius 2 is 2.04 bits per heavy atom. The van der Waals surface area contributed by atoms with Crippen LogP contribution in [0.2, 0.25) is 5.02 Å². The zero-order chi connectivity index (χ0) is 17.9. The number of piperidine rings is 1. The van der Waals surface area contributed by atoms with Crippen LogP contribution in [0.15, 0.2) is 36.8 Å². The molecule has 134 valence electrons. The van der Waals surface area contributed by atoms with Gasteiger partial charge in [-0.15, -0.1) is 0 Å². The molecular formula is C17H18ClN7O. The summed E-state index contributed by atoms with van der Waals surface area (Å²) in [5, 5.41) is 14.5. The lowest BCUT2D eigenvalue weighted by Crippen LogP contribution is -2.44. The number of urea groups is 1. The fourth-order valence-electron chi connectivity index (χ4n) is 3.06. The van der Waals surface area contributed by atoms with E-state index in [-0.39, 0.29) is 12.1 Å². The van der Waals surface area contributed by atoms with Crippen molar-refractivity contribution in [2.45, 2.75) is 18.9 Å². The summed E-state index contributed by atoms with van der Waals surface area (Å²) in [6.45, 7) is 1.32. The number of amides is 2. The Morgan fingerprint density at radius 3 is 2.85 bits per heavy atom. The van der Waals surface area contributed by atoms with E-state index in [1.54, 1.807) is 23.2 Å². The minimum Gasteiger partial charge on any atom is -0.366 e. The van der Waals surface area contributed by atoms with Crippen molar-refractivity contribution in [2.75, 3.05) is 23.7 Å². The second-order valence-corrected chi connectivity index (χ2v) is 6.58. The lowest BCUT2D eigenvalue weighted by molar-refractivity contribution is 0.197. The lowest BCUT2D eigenvalue weighted by atomic mass is 10.1. The van der Waals surface area contributed by atoms with Crippen LogP contribution in [-0.4, -0.2) is 50.2 Å². The molecule has 0 atom stereocenters. The van der Waals surface area contributed by atoms with Crippen molar-refractivity contribution < 1.29 is 4.79 Å². The van der Waals surface area contributed by atoms with Gasteiger partial charge in [0.05, 0.1) is 22.3 Å². The number of aromatic amines is 1. The molecule has 1 aliphatic heterocycles. The number of H-pyrrole nitrogens is 1. The average molecular weight is 372 g/mol. The van der Waals surface area contributed by atoms with Crippen molar-refractivity contribution in [2.24, 2.45) is 0 Å². The molecule has 1 aromatic carbocycles. The minimum atomic E-state index is -0.129. The summed E-state index contributed by atoms with van der Waals surface area (Å²) in [4.78, 5) is 22.7. The maximum Gasteiger partial charge on any atom is 0.321 e. The molecule has 1 aliphatic rings. The fourth-order valence-corrected chi connectivity index (χ4v) is 3.24. The van der Waals surface area contributed by atoms with E-state index in [1.165, 1.54) is 6.33 Å². The summed E-state index contributed by atoms with van der Waals surface area (Å²) < 4.78 is 0. The molecule has 1 saturated heterocycles. The number of nitrogens with zero attached hydrogens (tertiary/aromatic N) is 4. The van der Waals surface area contributed by atoms with E-state index in [0.717, 1.165) is 24.0 Å². The number of benzene rings is 1. The van der Waals surface area contributed by atoms with Gasteiger partial charge in [0.1, 0.15) is 12.1 Å². The summed E-state index contributed by atoms with van der Waals surface area (Å²) in [6.07, 6.45) is 4.89. The van der Waals surface area contributed by atoms with Crippen LogP contribution in [0.3, 0.4) is 0 Å². The predicted octanol–water partition coefficient (Wildman–Crippen LogP) is 3.11. The van der Waals surface area contributed by atoms with Gasteiger partial charge in [-0.3, -0.25) is 5.10 Å². The number of hydrogen-bond donors (Lipinski definition) is 3. The average Bonchev–Trinajstić information content (AvgIpc) is 3.14. The third-order valence-electron chi connectivity index (χ3n) is 4.49. The van der Waals surface area contributed by atoms with E-state index in [0.29, 0.717) is 29.4 Å². The van der Waals surface area contributed by atoms with Gasteiger partial charge in [-0.2, -0.15) is 5.10 Å². The van der Waals surface area contributed by atoms with Gasteiger partial charge in [0.2, 0.25) is 0 Å². The Morgan fingerprint density at radius 1 is 1.23 bits per heavy atom. The highest BCUT2D eigenvalue weighted by Gasteiger charge is 2.24. The first-order valence-electron chi connectivity index (χ1n) is 8.42. The zero-order valence-electron chi connectivity index (χ0n) is 13.9. The summed E-state index contributed by atoms with van der Waals surface area (Å²) in [5.74, 6) is 0.766. The molecule has 2 aromatic heterocycles. The highest BCUT2D eigenvalue weighted by molar-refractivity contribution is 6.33. The Bertz CT molecular complexity index is 920. The number of anilines is 2. The lowest BCUT2D eigenvalue weighted by Gasteiger charge is -2.32. The molecule has 26 heavy (non-hydrogen) atoms. The van der Waals surface area contributed by atoms with E-state index in [1.807, 2.05) is 12.1 Å². The van der Waals surface area contributed by atoms with Gasteiger partial charge in [0.25, 0.3) is 0 Å². The smallest absolute Gasteiger partial charge is 0.321 e. The maximum absolute atomic E-state index is 12.4. The molecule has 0 bridgehead atoms. The first-order chi connectivity index (χ1) is 12.7. The quantitative estimate of drug-likeness (QED) is 0.657. The van der Waals surface area contributed by atoms with Crippen molar-refractivity contribution in [1.82, 2.24) is 25.1 Å². The molecule has 8 nitrogen and oxygen atoms in total. The van der Waals surface area contributed by atoms with Gasteiger partial charge in [-0.1, -0.05) is 23.7 Å². The zero-order valence-corrected chi connectivity index (χ0v) is 14.7. The van der Waals surface area contributed by atoms with Gasteiger partial charge < -0.3 is 15.5 Å². The van der Waals surface area contributed by atoms with Gasteiger partial charge in [-0.25, -0.2) is 14.8 Å². The first-order valence-corrected chi connectivity index (χ1v) is 8.79. The summed E-state index contributed by atoms with van der Waals surface area (Å²) >= 11 is 6.10. The molecule has 0 saturated carbocycles. The molecule has 0 unspecified atom stereocenters. The monoisotopic (exact) mass is 371 g/mol. The summed E-state index contributed by atoms with van der Waals surface area (Å²) in [7, 11) is 0. The fraction of sp³-hybridized carbons (Fsp3) is 0.294. The number of carbonyl (C=O) groups excluding carboxylic acids is 1. The van der Waals surface area contributed by atoms with Crippen LogP contribution >= 0.6 is 11.6 Å². The van der Waals surface area contributed by atoms with Crippen molar-refractivity contribution in [3.05, 3.63) is 41.8 Å². The van der Waals surface area contributed by atoms with Gasteiger partial charge in [0, 0.05) is 19.1 Å². The molecule has 0 radical (unpaired) electrons. The van der Waals surface area contributed by atoms with E-state index in [4.69, 9.17) is 11.6 Å². The highest BCUT2D eigenvalue weighted by atomic mass is 35.5. The number of rotatable bonds is 3. The number of halogens is 1. The normalized spacial score (nSPS) is 15.2. The van der Waals surface area contributed by atoms with E-state index in [9.17, 15) is 4.79 Å². The molecule has 2 amide bonds. The predicted molar refractivity (Wildman–Crippen MR) is 100 cm³/mol. The molecule has 3 aromatic rings. The first kappa shape index (κ1) is 16.6. The number of para-hydroxylation sites is 1. The second kappa shape index (κ2) is 7.17. The van der Waals surface area contributed by atoms with Crippen molar-refractivity contribution in [3.8, 4) is 0 Å². The van der Waals surface area contributed by atoms with Crippen LogP contribution in [0.1, 0.15) is 12.8 Å². The second-order valence-electron chi connectivity index (χ2n) is 6.17. The molecule has 4 rings (SSSR count). The number of fused-ring (bicyclic) bond motifs is 1. The summed E-state index contributed by atoms with van der Waals surface area (Å²) in [6, 6.07) is 7.34. The molecule has 3 heterocycles. The molecule has 0 spiro atoms. The van der Waals surface area contributed by atoms with Gasteiger partial charge >= 0.3 is 6.03 Å². The van der Waals surface area contributed by atoms with Gasteiger partial charge in [0.15, 0.2) is 5.65 Å². The standard InChI is InChI=1S/C17H18ClN7O/c18-13-3-1-2-4-14(13)23-17(26)25-7-5-11(6-8-25)22-15-12-9-21-24-16(12)20-10-19-15/h1-4,9-11H,5-8H2,(H,23,26)(H2,19,20,21,22,24). The Labute approximate surface area is 155 Å². The number of hydrogen-bond acceptors (Lipinski definition) is 5. The van der Waals surface area contributed by atoms with Crippen molar-refractivity contribution in [3.63, 3.8) is 0 Å². The SMILES string of the molecule is O=C(Nc1ccccc1Cl)N1CCC(Nc2ncnc3[nH]ncc23)CC1. The van der Waals surface area contributed by atoms with Crippen LogP contribution in [-0.2, 0) is 0 Å². The third kappa shape index (κ3) is 3.41. The summed E-state index contributed by atoms with van der Waals surface area (Å²) in [5.41, 5.74) is 1.34. The van der Waals surface area contributed by atoms with Crippen LogP contribution in [0.4, 0.5) is 16.3 Å². The largest absolute Gasteiger partial charge is 0.366 e. The molecule has 9 heteroatoms. The molecular weight excluding hydrogens is 354 g/mol. The minimum absolute atomic E-state index is 0.129. The molecule has 3 N–H and O–H groups in total. The van der Waals surface area contributed by atoms with Gasteiger partial charge in [-0.05, 0) is 25.0 Å². The maximum atomic E-state index is 12.4. The van der Waals surface area contributed by atoms with Crippen LogP contribution < -0.4 is 10.6 Å². The Hall–Kier alpha value is -2.87. The number of likely N-dealkylation sites (tertiary alicyclic amines) is 1. The topological polar surface area (TPSA) is 98.8 Å². The number of aromatic nitrogens is 4.